The molecule has 0 fully saturated rings. The minimum Gasteiger partial charge on any atom is -0.462 e. The van der Waals surface area contributed by atoms with Crippen molar-refractivity contribution in [1.29, 1.82) is 0 Å². The first-order valence-corrected chi connectivity index (χ1v) is 5.87. The molecule has 18 heavy (non-hydrogen) atoms. The second-order valence-corrected chi connectivity index (χ2v) is 4.05. The Balaban J connectivity index is 1.95. The lowest BCUT2D eigenvalue weighted by Crippen LogP contribution is -1.92. The Morgan fingerprint density at radius 2 is 1.67 bits per heavy atom. The highest BCUT2D eigenvalue weighted by atomic mass is 16.7. The quantitative estimate of drug-likeness (QED) is 0.809. The van der Waals surface area contributed by atoms with Gasteiger partial charge in [0.2, 0.25) is 6.79 Å². The van der Waals surface area contributed by atoms with Gasteiger partial charge in [0.05, 0.1) is 6.42 Å². The van der Waals surface area contributed by atoms with Gasteiger partial charge in [0.1, 0.15) is 12.0 Å². The Hall–Kier alpha value is -2.22. The third kappa shape index (κ3) is 2.23. The molecule has 0 atom stereocenters. The van der Waals surface area contributed by atoms with Crippen molar-refractivity contribution < 1.29 is 9.47 Å². The van der Waals surface area contributed by atoms with E-state index >= 15 is 0 Å². The highest BCUT2D eigenvalue weighted by Crippen LogP contribution is 2.27. The van der Waals surface area contributed by atoms with Crippen molar-refractivity contribution in [3.05, 3.63) is 78.6 Å². The molecule has 0 aromatic heterocycles. The molecule has 0 amide bonds. The van der Waals surface area contributed by atoms with Gasteiger partial charge < -0.3 is 9.47 Å². The molecule has 0 unspecified atom stereocenters. The Labute approximate surface area is 106 Å². The van der Waals surface area contributed by atoms with E-state index in [1.165, 1.54) is 11.1 Å². The zero-order valence-electron chi connectivity index (χ0n) is 9.87. The monoisotopic (exact) mass is 237 g/mol. The van der Waals surface area contributed by atoms with E-state index in [1.807, 2.05) is 36.8 Å². The van der Waals surface area contributed by atoms with Gasteiger partial charge in [-0.05, 0) is 16.7 Å². The summed E-state index contributed by atoms with van der Waals surface area (Å²) < 4.78 is 10.4. The van der Waals surface area contributed by atoms with Crippen LogP contribution in [0.4, 0.5) is 0 Å². The minimum atomic E-state index is 0.305. The molecule has 89 valence electrons. The number of rotatable bonds is 3. The highest BCUT2D eigenvalue weighted by molar-refractivity contribution is 5.69. The number of hydrogen-bond donors (Lipinski definition) is 0. The Kier molecular flexibility index (Phi) is 3.01. The summed E-state index contributed by atoms with van der Waals surface area (Å²) in [6.07, 6.45) is 3.64. The Morgan fingerprint density at radius 1 is 0.889 bits per heavy atom. The normalized spacial score (nSPS) is 13.7. The van der Waals surface area contributed by atoms with E-state index in [1.54, 1.807) is 6.26 Å². The molecule has 1 heterocycles. The van der Waals surface area contributed by atoms with E-state index in [4.69, 9.17) is 9.47 Å². The SMILES string of the molecule is [CH](C1=COCO1)c1ccccc1-c1ccccc1. The Morgan fingerprint density at radius 3 is 2.44 bits per heavy atom. The fraction of sp³-hybridized carbons (Fsp3) is 0.0625. The molecule has 0 spiro atoms. The zero-order chi connectivity index (χ0) is 12.2. The van der Waals surface area contributed by atoms with Crippen LogP contribution in [0.15, 0.2) is 66.6 Å². The number of hydrogen-bond acceptors (Lipinski definition) is 2. The van der Waals surface area contributed by atoms with Gasteiger partial charge in [-0.2, -0.15) is 0 Å². The molecule has 1 aliphatic heterocycles. The predicted molar refractivity (Wildman–Crippen MR) is 70.4 cm³/mol. The largest absolute Gasteiger partial charge is 0.462 e. The summed E-state index contributed by atoms with van der Waals surface area (Å²) in [6, 6.07) is 18.6. The van der Waals surface area contributed by atoms with Gasteiger partial charge in [-0.3, -0.25) is 0 Å². The lowest BCUT2D eigenvalue weighted by Gasteiger charge is -2.09. The van der Waals surface area contributed by atoms with Gasteiger partial charge in [-0.1, -0.05) is 54.6 Å². The molecule has 1 radical (unpaired) electrons. The molecule has 0 N–H and O–H groups in total. The minimum absolute atomic E-state index is 0.305. The van der Waals surface area contributed by atoms with Crippen molar-refractivity contribution in [3.63, 3.8) is 0 Å². The fourth-order valence-corrected chi connectivity index (χ4v) is 1.98. The van der Waals surface area contributed by atoms with Gasteiger partial charge in [0.25, 0.3) is 0 Å². The van der Waals surface area contributed by atoms with Crippen molar-refractivity contribution in [3.8, 4) is 11.1 Å². The van der Waals surface area contributed by atoms with Crippen LogP contribution in [0.1, 0.15) is 5.56 Å². The van der Waals surface area contributed by atoms with Crippen LogP contribution in [0.2, 0.25) is 0 Å². The summed E-state index contributed by atoms with van der Waals surface area (Å²) in [4.78, 5) is 0. The predicted octanol–water partition coefficient (Wildman–Crippen LogP) is 3.75. The molecule has 2 nitrogen and oxygen atoms in total. The van der Waals surface area contributed by atoms with Crippen LogP contribution in [-0.2, 0) is 9.47 Å². The van der Waals surface area contributed by atoms with Crippen LogP contribution in [0.3, 0.4) is 0 Å². The standard InChI is InChI=1S/C16H13O2/c1-2-6-13(7-3-1)16-9-5-4-8-14(16)10-15-11-17-12-18-15/h1-11H,12H2. The van der Waals surface area contributed by atoms with E-state index in [2.05, 4.69) is 24.3 Å². The summed E-state index contributed by atoms with van der Waals surface area (Å²) in [5.74, 6) is 0.762. The van der Waals surface area contributed by atoms with Crippen molar-refractivity contribution in [2.75, 3.05) is 6.79 Å². The molecule has 1 aliphatic rings. The van der Waals surface area contributed by atoms with Crippen molar-refractivity contribution in [2.45, 2.75) is 0 Å². The van der Waals surface area contributed by atoms with E-state index in [-0.39, 0.29) is 0 Å². The van der Waals surface area contributed by atoms with Crippen molar-refractivity contribution in [2.24, 2.45) is 0 Å². The first-order valence-electron chi connectivity index (χ1n) is 5.87. The Bertz CT molecular complexity index is 558. The molecule has 0 aliphatic carbocycles. The summed E-state index contributed by atoms with van der Waals surface area (Å²) >= 11 is 0. The summed E-state index contributed by atoms with van der Waals surface area (Å²) in [5.41, 5.74) is 3.51. The average molecular weight is 237 g/mol. The number of allylic oxidation sites excluding steroid dienone is 1. The topological polar surface area (TPSA) is 18.5 Å². The lowest BCUT2D eigenvalue weighted by molar-refractivity contribution is 0.0831. The summed E-state index contributed by atoms with van der Waals surface area (Å²) in [7, 11) is 0. The molecule has 2 aromatic carbocycles. The maximum atomic E-state index is 5.33. The van der Waals surface area contributed by atoms with Gasteiger partial charge in [-0.25, -0.2) is 0 Å². The summed E-state index contributed by atoms with van der Waals surface area (Å²) in [5, 5.41) is 0. The van der Waals surface area contributed by atoms with Crippen LogP contribution in [0.5, 0.6) is 0 Å². The maximum absolute atomic E-state index is 5.33. The van der Waals surface area contributed by atoms with Crippen LogP contribution in [0, 0.1) is 6.42 Å². The van der Waals surface area contributed by atoms with E-state index in [0.717, 1.165) is 11.3 Å². The fourth-order valence-electron chi connectivity index (χ4n) is 1.98. The third-order valence-electron chi connectivity index (χ3n) is 2.84. The zero-order valence-corrected chi connectivity index (χ0v) is 9.87. The van der Waals surface area contributed by atoms with Crippen molar-refractivity contribution >= 4 is 0 Å². The average Bonchev–Trinajstić information content (AvgIpc) is 2.93. The second kappa shape index (κ2) is 4.96. The van der Waals surface area contributed by atoms with Crippen LogP contribution in [0.25, 0.3) is 11.1 Å². The molecular weight excluding hydrogens is 224 g/mol. The number of ether oxygens (including phenoxy) is 2. The third-order valence-corrected chi connectivity index (χ3v) is 2.84. The molecule has 0 bridgehead atoms. The van der Waals surface area contributed by atoms with E-state index < -0.39 is 0 Å². The highest BCUT2D eigenvalue weighted by Gasteiger charge is 2.11. The summed E-state index contributed by atoms with van der Waals surface area (Å²) in [6.45, 7) is 0.305. The van der Waals surface area contributed by atoms with Gasteiger partial charge >= 0.3 is 0 Å². The molecule has 3 rings (SSSR count). The molecule has 2 heteroatoms. The molecule has 0 saturated heterocycles. The number of benzene rings is 2. The van der Waals surface area contributed by atoms with Gasteiger partial charge in [0.15, 0.2) is 0 Å². The smallest absolute Gasteiger partial charge is 0.229 e. The first-order chi connectivity index (χ1) is 8.93. The molecule has 0 saturated carbocycles. The van der Waals surface area contributed by atoms with E-state index in [0.29, 0.717) is 6.79 Å². The van der Waals surface area contributed by atoms with Gasteiger partial charge in [0, 0.05) is 0 Å². The molecule has 2 aromatic rings. The van der Waals surface area contributed by atoms with Crippen LogP contribution in [-0.4, -0.2) is 6.79 Å². The van der Waals surface area contributed by atoms with Crippen LogP contribution < -0.4 is 0 Å². The lowest BCUT2D eigenvalue weighted by atomic mass is 9.97. The van der Waals surface area contributed by atoms with Crippen LogP contribution >= 0.6 is 0 Å². The van der Waals surface area contributed by atoms with Crippen molar-refractivity contribution in [1.82, 2.24) is 0 Å². The van der Waals surface area contributed by atoms with E-state index in [9.17, 15) is 0 Å². The second-order valence-electron chi connectivity index (χ2n) is 4.05. The van der Waals surface area contributed by atoms with Gasteiger partial charge in [-0.15, -0.1) is 0 Å². The first kappa shape index (κ1) is 10.9. The maximum Gasteiger partial charge on any atom is 0.229 e. The molecular formula is C16H13O2.